The Bertz CT molecular complexity index is 868. The molecule has 1 aliphatic heterocycles. The van der Waals surface area contributed by atoms with Gasteiger partial charge >= 0.3 is 0 Å². The fourth-order valence-corrected chi connectivity index (χ4v) is 3.75. The minimum absolute atomic E-state index is 0.659. The van der Waals surface area contributed by atoms with Gasteiger partial charge in [0.2, 0.25) is 5.95 Å². The van der Waals surface area contributed by atoms with Crippen LogP contribution in [0.5, 0.6) is 5.75 Å². The van der Waals surface area contributed by atoms with Gasteiger partial charge in [-0.25, -0.2) is 9.97 Å². The number of ether oxygens (including phenoxy) is 1. The Morgan fingerprint density at radius 3 is 2.88 bits per heavy atom. The summed E-state index contributed by atoms with van der Waals surface area (Å²) >= 11 is 1.80. The molecule has 4 nitrogen and oxygen atoms in total. The summed E-state index contributed by atoms with van der Waals surface area (Å²) in [5, 5.41) is 3.31. The van der Waals surface area contributed by atoms with E-state index in [1.54, 1.807) is 18.9 Å². The zero-order chi connectivity index (χ0) is 16.4. The minimum Gasteiger partial charge on any atom is -0.497 e. The number of methoxy groups -OCH3 is 1. The van der Waals surface area contributed by atoms with Crippen molar-refractivity contribution in [1.29, 1.82) is 0 Å². The van der Waals surface area contributed by atoms with Crippen LogP contribution >= 0.6 is 11.8 Å². The monoisotopic (exact) mass is 335 g/mol. The maximum absolute atomic E-state index is 5.32. The third-order valence-corrected chi connectivity index (χ3v) is 5.09. The first-order chi connectivity index (χ1) is 11.8. The first-order valence-electron chi connectivity index (χ1n) is 7.78. The molecule has 0 saturated carbocycles. The Morgan fingerprint density at radius 1 is 1.17 bits per heavy atom. The highest BCUT2D eigenvalue weighted by Crippen LogP contribution is 2.42. The van der Waals surface area contributed by atoms with Gasteiger partial charge in [-0.05, 0) is 23.8 Å². The Labute approximate surface area is 145 Å². The molecular formula is C19H17N3OS. The predicted octanol–water partition coefficient (Wildman–Crippen LogP) is 4.37. The van der Waals surface area contributed by atoms with Crippen LogP contribution in [0, 0.1) is 0 Å². The van der Waals surface area contributed by atoms with E-state index in [4.69, 9.17) is 9.72 Å². The summed E-state index contributed by atoms with van der Waals surface area (Å²) in [5.74, 6) is 2.42. The van der Waals surface area contributed by atoms with Crippen LogP contribution in [0.3, 0.4) is 0 Å². The summed E-state index contributed by atoms with van der Waals surface area (Å²) in [6, 6.07) is 16.4. The van der Waals surface area contributed by atoms with Gasteiger partial charge in [0.25, 0.3) is 0 Å². The molecule has 0 unspecified atom stereocenters. The van der Waals surface area contributed by atoms with Gasteiger partial charge in [0.05, 0.1) is 12.8 Å². The maximum atomic E-state index is 5.32. The summed E-state index contributed by atoms with van der Waals surface area (Å²) in [4.78, 5) is 10.4. The Morgan fingerprint density at radius 2 is 2.04 bits per heavy atom. The molecule has 2 heterocycles. The summed E-state index contributed by atoms with van der Waals surface area (Å²) in [7, 11) is 1.69. The fraction of sp³-hybridized carbons (Fsp3) is 0.158. The number of thioether (sulfide) groups is 1. The quantitative estimate of drug-likeness (QED) is 0.767. The molecule has 0 amide bonds. The molecule has 4 rings (SSSR count). The van der Waals surface area contributed by atoms with Crippen molar-refractivity contribution in [3.05, 3.63) is 65.9 Å². The van der Waals surface area contributed by atoms with E-state index < -0.39 is 0 Å². The van der Waals surface area contributed by atoms with Crippen molar-refractivity contribution in [3.8, 4) is 17.0 Å². The lowest BCUT2D eigenvalue weighted by atomic mass is 10.1. The highest BCUT2D eigenvalue weighted by molar-refractivity contribution is 7.98. The molecule has 0 bridgehead atoms. The summed E-state index contributed by atoms with van der Waals surface area (Å²) in [5.41, 5.74) is 4.53. The second kappa shape index (κ2) is 6.53. The summed E-state index contributed by atoms with van der Waals surface area (Å²) in [6.45, 7) is 0.712. The number of hydrogen-bond donors (Lipinski definition) is 1. The molecule has 0 radical (unpaired) electrons. The largest absolute Gasteiger partial charge is 0.497 e. The molecule has 3 aromatic rings. The molecule has 0 aliphatic carbocycles. The lowest BCUT2D eigenvalue weighted by molar-refractivity contribution is 0.414. The van der Waals surface area contributed by atoms with Crippen LogP contribution in [-0.4, -0.2) is 17.1 Å². The molecule has 0 spiro atoms. The third-order valence-electron chi connectivity index (χ3n) is 3.99. The molecule has 5 heteroatoms. The topological polar surface area (TPSA) is 47.0 Å². The van der Waals surface area contributed by atoms with Crippen molar-refractivity contribution < 1.29 is 4.74 Å². The fourth-order valence-electron chi connectivity index (χ4n) is 2.71. The summed E-state index contributed by atoms with van der Waals surface area (Å²) in [6.07, 6.45) is 1.93. The second-order valence-corrected chi connectivity index (χ2v) is 6.57. The molecule has 1 aromatic heterocycles. The first kappa shape index (κ1) is 15.0. The van der Waals surface area contributed by atoms with Gasteiger partial charge in [-0.1, -0.05) is 30.3 Å². The normalized spacial score (nSPS) is 12.2. The summed E-state index contributed by atoms with van der Waals surface area (Å²) < 4.78 is 5.32. The van der Waals surface area contributed by atoms with Crippen LogP contribution in [0.25, 0.3) is 11.3 Å². The number of aromatic nitrogens is 2. The molecule has 0 saturated heterocycles. The lowest BCUT2D eigenvalue weighted by Gasteiger charge is -2.19. The van der Waals surface area contributed by atoms with Gasteiger partial charge in [0.1, 0.15) is 5.75 Å². The van der Waals surface area contributed by atoms with E-state index in [1.807, 2.05) is 30.5 Å². The van der Waals surface area contributed by atoms with E-state index in [0.717, 1.165) is 22.8 Å². The average Bonchev–Trinajstić information content (AvgIpc) is 2.66. The van der Waals surface area contributed by atoms with Crippen LogP contribution in [0.2, 0.25) is 0 Å². The second-order valence-electron chi connectivity index (χ2n) is 5.56. The molecule has 0 fully saturated rings. The van der Waals surface area contributed by atoms with Crippen molar-refractivity contribution in [2.24, 2.45) is 0 Å². The van der Waals surface area contributed by atoms with Gasteiger partial charge in [-0.3, -0.25) is 0 Å². The van der Waals surface area contributed by atoms with Crippen LogP contribution in [0.4, 0.5) is 5.95 Å². The molecule has 1 N–H and O–H groups in total. The zero-order valence-corrected chi connectivity index (χ0v) is 14.1. The number of hydrogen-bond acceptors (Lipinski definition) is 5. The highest BCUT2D eigenvalue weighted by Gasteiger charge is 2.19. The van der Waals surface area contributed by atoms with Gasteiger partial charge < -0.3 is 10.1 Å². The number of nitrogens with zero attached hydrogens (tertiary/aromatic N) is 2. The number of fused-ring (bicyclic) bond motifs is 3. The van der Waals surface area contributed by atoms with E-state index in [9.17, 15) is 0 Å². The van der Waals surface area contributed by atoms with Crippen molar-refractivity contribution in [3.63, 3.8) is 0 Å². The lowest BCUT2D eigenvalue weighted by Crippen LogP contribution is -2.07. The Balaban J connectivity index is 1.62. The molecular weight excluding hydrogens is 318 g/mol. The molecule has 120 valence electrons. The maximum Gasteiger partial charge on any atom is 0.223 e. The molecule has 24 heavy (non-hydrogen) atoms. The molecule has 0 atom stereocenters. The van der Waals surface area contributed by atoms with Crippen LogP contribution < -0.4 is 10.1 Å². The Kier molecular flexibility index (Phi) is 4.09. The minimum atomic E-state index is 0.659. The van der Waals surface area contributed by atoms with Crippen LogP contribution in [0.15, 0.2) is 59.6 Å². The SMILES string of the molecule is COc1ccc2c(c1)SCc1cnc(NCc3ccccc3)nc1-2. The van der Waals surface area contributed by atoms with Crippen molar-refractivity contribution in [1.82, 2.24) is 9.97 Å². The van der Waals surface area contributed by atoms with Crippen LogP contribution in [-0.2, 0) is 12.3 Å². The predicted molar refractivity (Wildman–Crippen MR) is 97.3 cm³/mol. The van der Waals surface area contributed by atoms with E-state index in [-0.39, 0.29) is 0 Å². The average molecular weight is 335 g/mol. The number of benzene rings is 2. The molecule has 1 aliphatic rings. The number of rotatable bonds is 4. The van der Waals surface area contributed by atoms with Gasteiger partial charge in [-0.2, -0.15) is 0 Å². The number of nitrogens with one attached hydrogen (secondary N) is 1. The third kappa shape index (κ3) is 2.95. The number of anilines is 1. The van der Waals surface area contributed by atoms with Crippen molar-refractivity contribution >= 4 is 17.7 Å². The van der Waals surface area contributed by atoms with Crippen LogP contribution in [0.1, 0.15) is 11.1 Å². The first-order valence-corrected chi connectivity index (χ1v) is 8.77. The van der Waals surface area contributed by atoms with E-state index in [2.05, 4.69) is 34.6 Å². The zero-order valence-electron chi connectivity index (χ0n) is 13.3. The van der Waals surface area contributed by atoms with Crippen molar-refractivity contribution in [2.45, 2.75) is 17.2 Å². The van der Waals surface area contributed by atoms with Gasteiger partial charge in [0.15, 0.2) is 0 Å². The van der Waals surface area contributed by atoms with Crippen molar-refractivity contribution in [2.75, 3.05) is 12.4 Å². The van der Waals surface area contributed by atoms with E-state index in [1.165, 1.54) is 16.0 Å². The Hall–Kier alpha value is -2.53. The smallest absolute Gasteiger partial charge is 0.223 e. The highest BCUT2D eigenvalue weighted by atomic mass is 32.2. The van der Waals surface area contributed by atoms with Gasteiger partial charge in [-0.15, -0.1) is 11.8 Å². The standard InChI is InChI=1S/C19H17N3OS/c1-23-15-7-8-16-17(9-15)24-12-14-11-21-19(22-18(14)16)20-10-13-5-3-2-4-6-13/h2-9,11H,10,12H2,1H3,(H,20,21,22). The van der Waals surface area contributed by atoms with E-state index in [0.29, 0.717) is 12.5 Å². The molecule has 2 aromatic carbocycles. The van der Waals surface area contributed by atoms with Gasteiger partial charge in [0, 0.05) is 34.5 Å². The van der Waals surface area contributed by atoms with E-state index >= 15 is 0 Å².